The van der Waals surface area contributed by atoms with Crippen molar-refractivity contribution < 1.29 is 0 Å². The standard InChI is InChI=1S/C19H20N6OS/c1-22-13-20-17-10-15(2-3-16(17)18(22)26)24-6-4-23(5-7-24)11-14-12-25-8-9-27-19(25)21-14/h2-3,8-10,12-13H,4-7,11H2,1H3. The molecule has 8 heteroatoms. The number of piperazine rings is 1. The molecule has 138 valence electrons. The van der Waals surface area contributed by atoms with Gasteiger partial charge in [-0.2, -0.15) is 0 Å². The molecule has 1 aliphatic heterocycles. The zero-order valence-corrected chi connectivity index (χ0v) is 15.9. The first-order valence-corrected chi connectivity index (χ1v) is 9.89. The van der Waals surface area contributed by atoms with Crippen molar-refractivity contribution in [3.8, 4) is 0 Å². The van der Waals surface area contributed by atoms with Gasteiger partial charge in [0.05, 0.1) is 22.9 Å². The van der Waals surface area contributed by atoms with E-state index in [4.69, 9.17) is 0 Å². The lowest BCUT2D eigenvalue weighted by Crippen LogP contribution is -2.46. The minimum atomic E-state index is -0.00339. The quantitative estimate of drug-likeness (QED) is 0.544. The molecule has 4 aromatic rings. The Balaban J connectivity index is 1.28. The number of anilines is 1. The summed E-state index contributed by atoms with van der Waals surface area (Å²) >= 11 is 1.67. The molecule has 0 amide bonds. The maximum atomic E-state index is 12.2. The number of aryl methyl sites for hydroxylation is 1. The summed E-state index contributed by atoms with van der Waals surface area (Å²) in [6.07, 6.45) is 5.76. The van der Waals surface area contributed by atoms with Gasteiger partial charge in [0.25, 0.3) is 5.56 Å². The molecule has 0 bridgehead atoms. The fourth-order valence-electron chi connectivity index (χ4n) is 3.64. The molecule has 3 aromatic heterocycles. The second-order valence-corrected chi connectivity index (χ2v) is 7.82. The summed E-state index contributed by atoms with van der Waals surface area (Å²) in [6.45, 7) is 4.79. The molecule has 0 atom stereocenters. The smallest absolute Gasteiger partial charge is 0.260 e. The van der Waals surface area contributed by atoms with E-state index in [1.165, 1.54) is 4.57 Å². The van der Waals surface area contributed by atoms with Crippen molar-refractivity contribution in [2.75, 3.05) is 31.1 Å². The lowest BCUT2D eigenvalue weighted by atomic mass is 10.2. The van der Waals surface area contributed by atoms with Crippen LogP contribution in [-0.4, -0.2) is 50.0 Å². The molecule has 0 N–H and O–H groups in total. The largest absolute Gasteiger partial charge is 0.369 e. The Kier molecular flexibility index (Phi) is 3.95. The maximum Gasteiger partial charge on any atom is 0.260 e. The molecular formula is C19H20N6OS. The molecule has 7 nitrogen and oxygen atoms in total. The summed E-state index contributed by atoms with van der Waals surface area (Å²) in [5, 5.41) is 2.72. The summed E-state index contributed by atoms with van der Waals surface area (Å²) in [6, 6.07) is 5.95. The van der Waals surface area contributed by atoms with Crippen LogP contribution in [0.25, 0.3) is 15.9 Å². The van der Waals surface area contributed by atoms with Crippen LogP contribution in [0.15, 0.2) is 47.1 Å². The van der Waals surface area contributed by atoms with E-state index in [-0.39, 0.29) is 5.56 Å². The number of hydrogen-bond acceptors (Lipinski definition) is 6. The zero-order valence-electron chi connectivity index (χ0n) is 15.1. The van der Waals surface area contributed by atoms with Gasteiger partial charge < -0.3 is 9.47 Å². The van der Waals surface area contributed by atoms with Crippen LogP contribution in [0, 0.1) is 0 Å². The van der Waals surface area contributed by atoms with Crippen molar-refractivity contribution >= 4 is 32.9 Å². The highest BCUT2D eigenvalue weighted by atomic mass is 32.1. The van der Waals surface area contributed by atoms with E-state index in [9.17, 15) is 4.79 Å². The summed E-state index contributed by atoms with van der Waals surface area (Å²) in [5.41, 5.74) is 3.01. The van der Waals surface area contributed by atoms with Gasteiger partial charge in [0.2, 0.25) is 0 Å². The van der Waals surface area contributed by atoms with Crippen LogP contribution in [0.3, 0.4) is 0 Å². The van der Waals surface area contributed by atoms with Gasteiger partial charge in [-0.05, 0) is 18.2 Å². The van der Waals surface area contributed by atoms with Crippen molar-refractivity contribution in [3.63, 3.8) is 0 Å². The molecule has 1 aliphatic rings. The zero-order chi connectivity index (χ0) is 18.4. The van der Waals surface area contributed by atoms with E-state index < -0.39 is 0 Å². The third-order valence-corrected chi connectivity index (χ3v) is 5.94. The number of imidazole rings is 1. The Hall–Kier alpha value is -2.71. The molecule has 1 saturated heterocycles. The van der Waals surface area contributed by atoms with Gasteiger partial charge in [0.1, 0.15) is 0 Å². The molecular weight excluding hydrogens is 360 g/mol. The normalized spacial score (nSPS) is 15.8. The van der Waals surface area contributed by atoms with E-state index in [1.54, 1.807) is 24.7 Å². The summed E-state index contributed by atoms with van der Waals surface area (Å²) in [5.74, 6) is 0. The number of benzene rings is 1. The molecule has 1 aromatic carbocycles. The molecule has 0 spiro atoms. The Morgan fingerprint density at radius 2 is 2.04 bits per heavy atom. The van der Waals surface area contributed by atoms with Gasteiger partial charge in [-0.3, -0.25) is 14.1 Å². The topological polar surface area (TPSA) is 58.7 Å². The second kappa shape index (κ2) is 6.47. The molecule has 0 aliphatic carbocycles. The summed E-state index contributed by atoms with van der Waals surface area (Å²) < 4.78 is 3.60. The van der Waals surface area contributed by atoms with Crippen LogP contribution in [0.5, 0.6) is 0 Å². The number of nitrogens with zero attached hydrogens (tertiary/aromatic N) is 6. The van der Waals surface area contributed by atoms with Crippen molar-refractivity contribution in [2.45, 2.75) is 6.54 Å². The fraction of sp³-hybridized carbons (Fsp3) is 0.316. The van der Waals surface area contributed by atoms with Gasteiger partial charge in [-0.25, -0.2) is 9.97 Å². The first-order chi connectivity index (χ1) is 13.2. The predicted molar refractivity (Wildman–Crippen MR) is 108 cm³/mol. The number of hydrogen-bond donors (Lipinski definition) is 0. The van der Waals surface area contributed by atoms with Gasteiger partial charge in [-0.15, -0.1) is 11.3 Å². The van der Waals surface area contributed by atoms with Crippen molar-refractivity contribution in [1.29, 1.82) is 0 Å². The van der Waals surface area contributed by atoms with Crippen molar-refractivity contribution in [3.05, 3.63) is 58.3 Å². The van der Waals surface area contributed by atoms with E-state index in [1.807, 2.05) is 18.2 Å². The Morgan fingerprint density at radius 3 is 2.85 bits per heavy atom. The van der Waals surface area contributed by atoms with Crippen LogP contribution in [0.4, 0.5) is 5.69 Å². The Morgan fingerprint density at radius 1 is 1.19 bits per heavy atom. The molecule has 5 rings (SSSR count). The minimum Gasteiger partial charge on any atom is -0.369 e. The van der Waals surface area contributed by atoms with Crippen molar-refractivity contribution in [2.24, 2.45) is 7.05 Å². The molecule has 0 unspecified atom stereocenters. The fourth-order valence-corrected chi connectivity index (χ4v) is 4.36. The number of aromatic nitrogens is 4. The lowest BCUT2D eigenvalue weighted by molar-refractivity contribution is 0.247. The molecule has 1 fully saturated rings. The number of thiazole rings is 1. The van der Waals surface area contributed by atoms with Gasteiger partial charge in [0, 0.05) is 63.2 Å². The van der Waals surface area contributed by atoms with Crippen LogP contribution in [0.1, 0.15) is 5.69 Å². The van der Waals surface area contributed by atoms with Gasteiger partial charge >= 0.3 is 0 Å². The van der Waals surface area contributed by atoms with E-state index >= 15 is 0 Å². The Bertz CT molecular complexity index is 1140. The first kappa shape index (κ1) is 16.5. The van der Waals surface area contributed by atoms with Crippen molar-refractivity contribution in [1.82, 2.24) is 23.8 Å². The molecule has 0 radical (unpaired) electrons. The third-order valence-electron chi connectivity index (χ3n) is 5.17. The van der Waals surface area contributed by atoms with Crippen LogP contribution in [0.2, 0.25) is 0 Å². The second-order valence-electron chi connectivity index (χ2n) is 6.95. The van der Waals surface area contributed by atoms with E-state index in [0.717, 1.165) is 54.6 Å². The van der Waals surface area contributed by atoms with Crippen LogP contribution >= 0.6 is 11.3 Å². The highest BCUT2D eigenvalue weighted by molar-refractivity contribution is 7.15. The average Bonchev–Trinajstić information content (AvgIpc) is 3.27. The number of fused-ring (bicyclic) bond motifs is 2. The van der Waals surface area contributed by atoms with Crippen LogP contribution in [-0.2, 0) is 13.6 Å². The highest BCUT2D eigenvalue weighted by Crippen LogP contribution is 2.21. The average molecular weight is 380 g/mol. The summed E-state index contributed by atoms with van der Waals surface area (Å²) in [7, 11) is 1.73. The third kappa shape index (κ3) is 3.00. The minimum absolute atomic E-state index is 0.00339. The van der Waals surface area contributed by atoms with Crippen LogP contribution < -0.4 is 10.5 Å². The predicted octanol–water partition coefficient (Wildman–Crippen LogP) is 1.96. The maximum absolute atomic E-state index is 12.2. The first-order valence-electron chi connectivity index (χ1n) is 9.01. The Labute approximate surface area is 160 Å². The molecule has 27 heavy (non-hydrogen) atoms. The van der Waals surface area contributed by atoms with Gasteiger partial charge in [0.15, 0.2) is 4.96 Å². The molecule has 0 saturated carbocycles. The highest BCUT2D eigenvalue weighted by Gasteiger charge is 2.19. The monoisotopic (exact) mass is 380 g/mol. The molecule has 4 heterocycles. The number of rotatable bonds is 3. The lowest BCUT2D eigenvalue weighted by Gasteiger charge is -2.35. The van der Waals surface area contributed by atoms with E-state index in [2.05, 4.69) is 41.9 Å². The SMILES string of the molecule is Cn1cnc2cc(N3CCN(Cc4cn5ccsc5n4)CC3)ccc2c1=O. The summed E-state index contributed by atoms with van der Waals surface area (Å²) in [4.78, 5) is 27.1. The van der Waals surface area contributed by atoms with Gasteiger partial charge in [-0.1, -0.05) is 0 Å². The van der Waals surface area contributed by atoms with E-state index in [0.29, 0.717) is 5.39 Å².